The van der Waals surface area contributed by atoms with E-state index in [4.69, 9.17) is 20.4 Å². The molecule has 16 heavy (non-hydrogen) atoms. The van der Waals surface area contributed by atoms with Crippen LogP contribution in [0.15, 0.2) is 5.16 Å². The second kappa shape index (κ2) is 6.06. The number of nitrogens with zero attached hydrogens (tertiary/aromatic N) is 1. The van der Waals surface area contributed by atoms with Crippen molar-refractivity contribution in [2.24, 2.45) is 16.3 Å². The van der Waals surface area contributed by atoms with Crippen molar-refractivity contribution < 1.29 is 14.7 Å². The largest absolute Gasteiger partial charge is 0.409 e. The topological polar surface area (TPSA) is 77.1 Å². The first-order valence-electron chi connectivity index (χ1n) is 5.73. The molecule has 1 unspecified atom stereocenters. The highest BCUT2D eigenvalue weighted by Crippen LogP contribution is 2.20. The highest BCUT2D eigenvalue weighted by Gasteiger charge is 2.23. The van der Waals surface area contributed by atoms with Crippen molar-refractivity contribution >= 4 is 5.84 Å². The molecule has 5 heteroatoms. The number of rotatable bonds is 6. The first-order chi connectivity index (χ1) is 7.56. The van der Waals surface area contributed by atoms with Gasteiger partial charge in [0, 0.05) is 18.6 Å². The Morgan fingerprint density at radius 2 is 2.38 bits per heavy atom. The maximum absolute atomic E-state index is 8.60. The lowest BCUT2D eigenvalue weighted by molar-refractivity contribution is 0.0122. The van der Waals surface area contributed by atoms with Crippen LogP contribution in [0.2, 0.25) is 0 Å². The van der Waals surface area contributed by atoms with E-state index < -0.39 is 0 Å². The van der Waals surface area contributed by atoms with Crippen LogP contribution in [0.3, 0.4) is 0 Å². The standard InChI is InChI=1S/C11H22N2O3/c1-11(2,10(12)13-14)5-7-15-8-9-4-3-6-16-9/h9,14H,3-8H2,1-2H3,(H2,12,13). The smallest absolute Gasteiger partial charge is 0.144 e. The van der Waals surface area contributed by atoms with Gasteiger partial charge in [-0.05, 0) is 19.3 Å². The Hall–Kier alpha value is -0.810. The van der Waals surface area contributed by atoms with Gasteiger partial charge in [0.1, 0.15) is 5.84 Å². The van der Waals surface area contributed by atoms with E-state index in [2.05, 4.69) is 5.16 Å². The van der Waals surface area contributed by atoms with Crippen molar-refractivity contribution in [3.8, 4) is 0 Å². The van der Waals surface area contributed by atoms with E-state index in [0.29, 0.717) is 13.2 Å². The molecule has 5 nitrogen and oxygen atoms in total. The summed E-state index contributed by atoms with van der Waals surface area (Å²) in [6, 6.07) is 0. The Bertz CT molecular complexity index is 235. The molecule has 0 saturated carbocycles. The number of ether oxygens (including phenoxy) is 2. The van der Waals surface area contributed by atoms with Crippen LogP contribution < -0.4 is 5.73 Å². The predicted octanol–water partition coefficient (Wildman–Crippen LogP) is 1.34. The molecule has 1 rings (SSSR count). The zero-order valence-electron chi connectivity index (χ0n) is 10.1. The van der Waals surface area contributed by atoms with E-state index >= 15 is 0 Å². The van der Waals surface area contributed by atoms with Gasteiger partial charge < -0.3 is 20.4 Å². The Balaban J connectivity index is 2.14. The van der Waals surface area contributed by atoms with Gasteiger partial charge in [-0.15, -0.1) is 0 Å². The van der Waals surface area contributed by atoms with Gasteiger partial charge in [0.2, 0.25) is 0 Å². The van der Waals surface area contributed by atoms with Crippen LogP contribution in [0.25, 0.3) is 0 Å². The molecule has 0 aromatic carbocycles. The van der Waals surface area contributed by atoms with Gasteiger partial charge in [-0.3, -0.25) is 0 Å². The van der Waals surface area contributed by atoms with E-state index in [1.165, 1.54) is 0 Å². The van der Waals surface area contributed by atoms with Gasteiger partial charge >= 0.3 is 0 Å². The lowest BCUT2D eigenvalue weighted by atomic mass is 9.88. The Labute approximate surface area is 96.6 Å². The molecule has 94 valence electrons. The molecule has 1 aliphatic rings. The van der Waals surface area contributed by atoms with Crippen LogP contribution >= 0.6 is 0 Å². The Morgan fingerprint density at radius 1 is 1.62 bits per heavy atom. The highest BCUT2D eigenvalue weighted by molar-refractivity contribution is 5.85. The summed E-state index contributed by atoms with van der Waals surface area (Å²) in [4.78, 5) is 0. The Morgan fingerprint density at radius 3 is 2.94 bits per heavy atom. The first kappa shape index (κ1) is 13.3. The molecule has 1 aliphatic heterocycles. The zero-order valence-corrected chi connectivity index (χ0v) is 10.1. The van der Waals surface area contributed by atoms with E-state index in [-0.39, 0.29) is 17.4 Å². The molecule has 0 aromatic heterocycles. The number of hydrogen-bond donors (Lipinski definition) is 2. The quantitative estimate of drug-likeness (QED) is 0.237. The minimum Gasteiger partial charge on any atom is -0.409 e. The fourth-order valence-corrected chi connectivity index (χ4v) is 1.58. The fourth-order valence-electron chi connectivity index (χ4n) is 1.58. The molecule has 1 saturated heterocycles. The fraction of sp³-hybridized carbons (Fsp3) is 0.909. The molecule has 0 spiro atoms. The molecule has 3 N–H and O–H groups in total. The number of hydrogen-bond acceptors (Lipinski definition) is 4. The summed E-state index contributed by atoms with van der Waals surface area (Å²) >= 11 is 0. The summed E-state index contributed by atoms with van der Waals surface area (Å²) in [6.07, 6.45) is 3.20. The zero-order chi connectivity index (χ0) is 12.0. The number of oxime groups is 1. The van der Waals surface area contributed by atoms with Gasteiger partial charge in [0.25, 0.3) is 0 Å². The second-order valence-corrected chi connectivity index (χ2v) is 4.83. The van der Waals surface area contributed by atoms with Crippen molar-refractivity contribution in [3.63, 3.8) is 0 Å². The summed E-state index contributed by atoms with van der Waals surface area (Å²) in [5.74, 6) is 0.244. The van der Waals surface area contributed by atoms with Gasteiger partial charge in [-0.1, -0.05) is 19.0 Å². The van der Waals surface area contributed by atoms with E-state index in [1.807, 2.05) is 13.8 Å². The van der Waals surface area contributed by atoms with Gasteiger partial charge in [-0.25, -0.2) is 0 Å². The summed E-state index contributed by atoms with van der Waals surface area (Å²) in [5, 5.41) is 11.6. The third-order valence-corrected chi connectivity index (χ3v) is 3.00. The Kier molecular flexibility index (Phi) is 5.02. The van der Waals surface area contributed by atoms with Crippen LogP contribution in [-0.2, 0) is 9.47 Å². The van der Waals surface area contributed by atoms with Crippen LogP contribution in [0.5, 0.6) is 0 Å². The molecule has 1 atom stereocenters. The lowest BCUT2D eigenvalue weighted by Crippen LogP contribution is -2.33. The lowest BCUT2D eigenvalue weighted by Gasteiger charge is -2.22. The normalized spacial score (nSPS) is 22.6. The van der Waals surface area contributed by atoms with Gasteiger partial charge in [0.15, 0.2) is 0 Å². The SMILES string of the molecule is CC(C)(CCOCC1CCCO1)C(N)=NO. The minimum atomic E-state index is -0.328. The van der Waals surface area contributed by atoms with Crippen molar-refractivity contribution in [1.82, 2.24) is 0 Å². The van der Waals surface area contributed by atoms with Crippen LogP contribution in [0, 0.1) is 5.41 Å². The summed E-state index contributed by atoms with van der Waals surface area (Å²) in [7, 11) is 0. The number of nitrogens with two attached hydrogens (primary N) is 1. The number of amidine groups is 1. The highest BCUT2D eigenvalue weighted by atomic mass is 16.5. The third kappa shape index (κ3) is 3.98. The van der Waals surface area contributed by atoms with E-state index in [9.17, 15) is 0 Å². The van der Waals surface area contributed by atoms with Crippen molar-refractivity contribution in [2.75, 3.05) is 19.8 Å². The van der Waals surface area contributed by atoms with E-state index in [0.717, 1.165) is 25.9 Å². The molecular weight excluding hydrogens is 208 g/mol. The predicted molar refractivity (Wildman–Crippen MR) is 61.6 cm³/mol. The summed E-state index contributed by atoms with van der Waals surface area (Å²) in [6.45, 7) is 5.95. The average molecular weight is 230 g/mol. The van der Waals surface area contributed by atoms with E-state index in [1.54, 1.807) is 0 Å². The molecule has 0 aromatic rings. The minimum absolute atomic E-state index is 0.244. The van der Waals surface area contributed by atoms with Crippen molar-refractivity contribution in [1.29, 1.82) is 0 Å². The summed E-state index contributed by atoms with van der Waals surface area (Å²) < 4.78 is 11.0. The van der Waals surface area contributed by atoms with Crippen molar-refractivity contribution in [2.45, 2.75) is 39.2 Å². The monoisotopic (exact) mass is 230 g/mol. The molecule has 0 amide bonds. The molecule has 0 radical (unpaired) electrons. The first-order valence-corrected chi connectivity index (χ1v) is 5.73. The van der Waals surface area contributed by atoms with Crippen LogP contribution in [0.4, 0.5) is 0 Å². The van der Waals surface area contributed by atoms with Gasteiger partial charge in [-0.2, -0.15) is 0 Å². The van der Waals surface area contributed by atoms with Crippen molar-refractivity contribution in [3.05, 3.63) is 0 Å². The maximum atomic E-state index is 8.60. The molecule has 0 bridgehead atoms. The molecule has 1 heterocycles. The van der Waals surface area contributed by atoms with Crippen LogP contribution in [-0.4, -0.2) is 37.0 Å². The molecule has 1 fully saturated rings. The maximum Gasteiger partial charge on any atom is 0.144 e. The average Bonchev–Trinajstić information content (AvgIpc) is 2.76. The molecule has 0 aliphatic carbocycles. The van der Waals surface area contributed by atoms with Crippen LogP contribution in [0.1, 0.15) is 33.1 Å². The third-order valence-electron chi connectivity index (χ3n) is 3.00. The molecular formula is C11H22N2O3. The summed E-state index contributed by atoms with van der Waals surface area (Å²) in [5.41, 5.74) is 5.25. The second-order valence-electron chi connectivity index (χ2n) is 4.83. The van der Waals surface area contributed by atoms with Gasteiger partial charge in [0.05, 0.1) is 12.7 Å².